The lowest BCUT2D eigenvalue weighted by Crippen LogP contribution is -2.46. The Hall–Kier alpha value is -1.44. The molecule has 1 aliphatic carbocycles. The van der Waals surface area contributed by atoms with E-state index >= 15 is 0 Å². The van der Waals surface area contributed by atoms with Crippen LogP contribution in [0.2, 0.25) is 0 Å². The van der Waals surface area contributed by atoms with Crippen molar-refractivity contribution in [2.45, 2.75) is 77.2 Å². The summed E-state index contributed by atoms with van der Waals surface area (Å²) in [5.41, 5.74) is 3.35. The molecule has 1 aromatic carbocycles. The number of hydrogen-bond donors (Lipinski definition) is 1. The van der Waals surface area contributed by atoms with E-state index in [0.29, 0.717) is 17.6 Å². The van der Waals surface area contributed by atoms with Crippen LogP contribution in [-0.2, 0) is 6.42 Å². The maximum absolute atomic E-state index is 10.7. The molecule has 1 fully saturated rings. The highest BCUT2D eigenvalue weighted by molar-refractivity contribution is 5.52. The second-order valence-corrected chi connectivity index (χ2v) is 7.90. The molecule has 0 amide bonds. The molecule has 1 saturated carbocycles. The topological polar surface area (TPSA) is 29.5 Å². The first-order chi connectivity index (χ1) is 10.9. The molecule has 1 N–H and O–H groups in total. The number of aryl methyl sites for hydroxylation is 1. The summed E-state index contributed by atoms with van der Waals surface area (Å²) in [4.78, 5) is 0. The van der Waals surface area contributed by atoms with E-state index in [2.05, 4.69) is 33.4 Å². The lowest BCUT2D eigenvalue weighted by molar-refractivity contribution is -0.000851. The zero-order chi connectivity index (χ0) is 16.6. The number of allylic oxidation sites excluding steroid dienone is 1. The van der Waals surface area contributed by atoms with E-state index < -0.39 is 0 Å². The molecular weight excluding hydrogens is 284 g/mol. The van der Waals surface area contributed by atoms with Gasteiger partial charge in [0, 0.05) is 17.4 Å². The van der Waals surface area contributed by atoms with E-state index in [9.17, 15) is 5.11 Å². The average molecular weight is 314 g/mol. The molecule has 2 aliphatic rings. The van der Waals surface area contributed by atoms with Crippen molar-refractivity contribution in [2.24, 2.45) is 5.92 Å². The minimum absolute atomic E-state index is 0.174. The molecule has 0 radical (unpaired) electrons. The fraction of sp³-hybridized carbons (Fsp3) is 0.619. The van der Waals surface area contributed by atoms with Gasteiger partial charge in [-0.15, -0.1) is 0 Å². The van der Waals surface area contributed by atoms with Gasteiger partial charge in [-0.2, -0.15) is 0 Å². The van der Waals surface area contributed by atoms with Crippen molar-refractivity contribution in [3.05, 3.63) is 35.4 Å². The van der Waals surface area contributed by atoms with Gasteiger partial charge in [0.15, 0.2) is 0 Å². The van der Waals surface area contributed by atoms with Crippen molar-refractivity contribution < 1.29 is 9.84 Å². The summed E-state index contributed by atoms with van der Waals surface area (Å²) >= 11 is 0. The first-order valence-corrected chi connectivity index (χ1v) is 9.14. The van der Waals surface area contributed by atoms with Crippen molar-refractivity contribution in [1.82, 2.24) is 0 Å². The number of hydrogen-bond acceptors (Lipinski definition) is 2. The van der Waals surface area contributed by atoms with E-state index in [4.69, 9.17) is 4.74 Å². The zero-order valence-corrected chi connectivity index (χ0v) is 14.8. The molecule has 0 spiro atoms. The molecular formula is C21H30O2. The van der Waals surface area contributed by atoms with Gasteiger partial charge in [0.25, 0.3) is 0 Å². The zero-order valence-electron chi connectivity index (χ0n) is 14.8. The van der Waals surface area contributed by atoms with Crippen LogP contribution in [0.25, 0.3) is 0 Å². The molecule has 1 heterocycles. The number of benzene rings is 1. The van der Waals surface area contributed by atoms with Gasteiger partial charge in [-0.05, 0) is 63.6 Å². The fourth-order valence-electron chi connectivity index (χ4n) is 4.46. The molecule has 1 aromatic rings. The molecule has 2 atom stereocenters. The summed E-state index contributed by atoms with van der Waals surface area (Å²) in [6.07, 6.45) is 7.79. The largest absolute Gasteiger partial charge is 0.508 e. The summed E-state index contributed by atoms with van der Waals surface area (Å²) < 4.78 is 6.36. The lowest BCUT2D eigenvalue weighted by Gasteiger charge is -2.48. The normalized spacial score (nSPS) is 25.4. The summed E-state index contributed by atoms with van der Waals surface area (Å²) in [5.74, 6) is 2.13. The first-order valence-electron chi connectivity index (χ1n) is 9.14. The minimum atomic E-state index is -0.174. The van der Waals surface area contributed by atoms with Gasteiger partial charge in [0.05, 0.1) is 0 Å². The Bertz CT molecular complexity index is 600. The third-order valence-corrected chi connectivity index (χ3v) is 5.69. The van der Waals surface area contributed by atoms with Crippen LogP contribution in [0.1, 0.15) is 76.3 Å². The van der Waals surface area contributed by atoms with Crippen LogP contribution in [0.15, 0.2) is 24.3 Å². The Morgan fingerprint density at radius 1 is 1.30 bits per heavy atom. The molecule has 0 saturated heterocycles. The summed E-state index contributed by atoms with van der Waals surface area (Å²) in [6, 6.07) is 4.13. The van der Waals surface area contributed by atoms with Gasteiger partial charge in [0.1, 0.15) is 17.1 Å². The Kier molecular flexibility index (Phi) is 4.44. The van der Waals surface area contributed by atoms with Crippen LogP contribution in [0.4, 0.5) is 0 Å². The van der Waals surface area contributed by atoms with E-state index in [1.54, 1.807) is 0 Å². The molecule has 2 nitrogen and oxygen atoms in total. The third kappa shape index (κ3) is 3.13. The van der Waals surface area contributed by atoms with Crippen LogP contribution >= 0.6 is 0 Å². The Labute approximate surface area is 140 Å². The van der Waals surface area contributed by atoms with Crippen LogP contribution in [0, 0.1) is 5.92 Å². The predicted molar refractivity (Wildman–Crippen MR) is 95.3 cm³/mol. The molecule has 0 bridgehead atoms. The molecule has 1 aliphatic heterocycles. The molecule has 0 aromatic heterocycles. The number of fused-ring (bicyclic) bond motifs is 3. The van der Waals surface area contributed by atoms with Crippen LogP contribution in [-0.4, -0.2) is 10.7 Å². The van der Waals surface area contributed by atoms with Gasteiger partial charge in [-0.3, -0.25) is 0 Å². The SMILES string of the molecule is C=C1CC[C@H]2[C@@H](C1)c1c(O)cc(CCCCC)cc1OC2(C)C. The highest BCUT2D eigenvalue weighted by Crippen LogP contribution is 2.55. The number of aromatic hydroxyl groups is 1. The third-order valence-electron chi connectivity index (χ3n) is 5.69. The summed E-state index contributed by atoms with van der Waals surface area (Å²) in [6.45, 7) is 10.8. The van der Waals surface area contributed by atoms with E-state index in [1.165, 1.54) is 30.4 Å². The Morgan fingerprint density at radius 3 is 2.83 bits per heavy atom. The molecule has 23 heavy (non-hydrogen) atoms. The number of unbranched alkanes of at least 4 members (excludes halogenated alkanes) is 2. The molecule has 0 unspecified atom stereocenters. The lowest BCUT2D eigenvalue weighted by atomic mass is 9.65. The average Bonchev–Trinajstić information content (AvgIpc) is 2.46. The van der Waals surface area contributed by atoms with Gasteiger partial charge in [-0.1, -0.05) is 31.9 Å². The second kappa shape index (κ2) is 6.22. The van der Waals surface area contributed by atoms with Crippen molar-refractivity contribution in [2.75, 3.05) is 0 Å². The van der Waals surface area contributed by atoms with Gasteiger partial charge in [-0.25, -0.2) is 0 Å². The van der Waals surface area contributed by atoms with E-state index in [1.807, 2.05) is 6.07 Å². The Balaban J connectivity index is 1.96. The molecule has 126 valence electrons. The number of phenols is 1. The molecule has 2 heteroatoms. The molecule has 3 rings (SSSR count). The van der Waals surface area contributed by atoms with Crippen LogP contribution in [0.3, 0.4) is 0 Å². The predicted octanol–water partition coefficient (Wildman–Crippen LogP) is 5.74. The van der Waals surface area contributed by atoms with Crippen molar-refractivity contribution >= 4 is 0 Å². The van der Waals surface area contributed by atoms with Crippen LogP contribution < -0.4 is 4.74 Å². The fourth-order valence-corrected chi connectivity index (χ4v) is 4.46. The smallest absolute Gasteiger partial charge is 0.127 e. The number of ether oxygens (including phenoxy) is 1. The van der Waals surface area contributed by atoms with Gasteiger partial charge in [0.2, 0.25) is 0 Å². The quantitative estimate of drug-likeness (QED) is 0.567. The Morgan fingerprint density at radius 2 is 2.09 bits per heavy atom. The van der Waals surface area contributed by atoms with Crippen LogP contribution in [0.5, 0.6) is 11.5 Å². The maximum atomic E-state index is 10.7. The number of rotatable bonds is 4. The van der Waals surface area contributed by atoms with Gasteiger partial charge >= 0.3 is 0 Å². The minimum Gasteiger partial charge on any atom is -0.508 e. The highest BCUT2D eigenvalue weighted by atomic mass is 16.5. The highest BCUT2D eigenvalue weighted by Gasteiger charge is 2.46. The maximum Gasteiger partial charge on any atom is 0.127 e. The van der Waals surface area contributed by atoms with Crippen molar-refractivity contribution in [1.29, 1.82) is 0 Å². The van der Waals surface area contributed by atoms with Crippen molar-refractivity contribution in [3.8, 4) is 11.5 Å². The standard InChI is InChI=1S/C21H30O2/c1-5-6-7-8-15-12-18(22)20-16-11-14(2)9-10-17(16)21(3,4)23-19(20)13-15/h12-13,16-17,22H,2,5-11H2,1,3-4H3/t16-,17+/m1/s1. The van der Waals surface area contributed by atoms with E-state index in [-0.39, 0.29) is 5.60 Å². The van der Waals surface area contributed by atoms with Gasteiger partial charge < -0.3 is 9.84 Å². The summed E-state index contributed by atoms with van der Waals surface area (Å²) in [7, 11) is 0. The summed E-state index contributed by atoms with van der Waals surface area (Å²) in [5, 5.41) is 10.7. The van der Waals surface area contributed by atoms with Crippen molar-refractivity contribution in [3.63, 3.8) is 0 Å². The second-order valence-electron chi connectivity index (χ2n) is 7.90. The number of phenolic OH excluding ortho intramolecular Hbond substituents is 1. The van der Waals surface area contributed by atoms with E-state index in [0.717, 1.165) is 37.0 Å². The monoisotopic (exact) mass is 314 g/mol. The first kappa shape index (κ1) is 16.4.